The van der Waals surface area contributed by atoms with Crippen LogP contribution in [0.5, 0.6) is 0 Å². The summed E-state index contributed by atoms with van der Waals surface area (Å²) in [5.41, 5.74) is 7.90. The molecule has 0 aliphatic carbocycles. The van der Waals surface area contributed by atoms with Gasteiger partial charge >= 0.3 is 0 Å². The van der Waals surface area contributed by atoms with Crippen LogP contribution in [-0.4, -0.2) is 52.3 Å². The minimum Gasteiger partial charge on any atom is -0.398 e. The number of carbonyl (C=O) groups excluding carboxylic acids is 1. The molecule has 10 nitrogen and oxygen atoms in total. The van der Waals surface area contributed by atoms with Crippen molar-refractivity contribution >= 4 is 49.7 Å². The molecule has 0 atom stereocenters. The number of nitrogens with two attached hydrogens (primary N) is 1. The fourth-order valence-corrected chi connectivity index (χ4v) is 4.40. The molecular weight excluding hydrogens is 430 g/mol. The highest BCUT2D eigenvalue weighted by atomic mass is 32.2. The molecule has 11 heteroatoms. The van der Waals surface area contributed by atoms with E-state index in [1.54, 1.807) is 36.0 Å². The van der Waals surface area contributed by atoms with E-state index in [1.165, 1.54) is 0 Å². The van der Waals surface area contributed by atoms with Crippen molar-refractivity contribution in [3.63, 3.8) is 0 Å². The summed E-state index contributed by atoms with van der Waals surface area (Å²) in [6, 6.07) is 7.15. The quantitative estimate of drug-likeness (QED) is 0.483. The Bertz CT molecular complexity index is 1280. The standard InChI is InChI=1S/C21H27N7O3S/c1-4-32(30,31)26-15-7-14-8-19(23-11-17(14)18(22)9-15)24-20-10-16-5-6-27(13(2)3)21(29)12-28(16)25-20/h7-11,13,26H,4-6,12,22H2,1-3H3,(H,23,24,25). The summed E-state index contributed by atoms with van der Waals surface area (Å²) in [5.74, 6) is 1.15. The number of fused-ring (bicyclic) bond motifs is 2. The third-order valence-electron chi connectivity index (χ3n) is 5.48. The molecule has 1 aliphatic heterocycles. The van der Waals surface area contributed by atoms with E-state index >= 15 is 0 Å². The van der Waals surface area contributed by atoms with Crippen molar-refractivity contribution in [2.75, 3.05) is 28.1 Å². The fourth-order valence-electron chi connectivity index (χ4n) is 3.78. The van der Waals surface area contributed by atoms with Crippen molar-refractivity contribution in [1.29, 1.82) is 0 Å². The fraction of sp³-hybridized carbons (Fsp3) is 0.381. The van der Waals surface area contributed by atoms with Crippen molar-refractivity contribution in [1.82, 2.24) is 19.7 Å². The second-order valence-electron chi connectivity index (χ2n) is 8.10. The van der Waals surface area contributed by atoms with Crippen LogP contribution in [0.15, 0.2) is 30.5 Å². The molecule has 1 aliphatic rings. The Hall–Kier alpha value is -3.34. The minimum absolute atomic E-state index is 0.0312. The van der Waals surface area contributed by atoms with Crippen LogP contribution in [0.4, 0.5) is 23.0 Å². The molecule has 1 amide bonds. The monoisotopic (exact) mass is 457 g/mol. The number of sulfonamides is 1. The second kappa shape index (κ2) is 8.30. The molecule has 0 unspecified atom stereocenters. The molecule has 4 N–H and O–H groups in total. The molecule has 2 aromatic heterocycles. The molecular formula is C21H27N7O3S. The van der Waals surface area contributed by atoms with Gasteiger partial charge in [0.1, 0.15) is 12.4 Å². The summed E-state index contributed by atoms with van der Waals surface area (Å²) < 4.78 is 28.1. The Balaban J connectivity index is 1.58. The first kappa shape index (κ1) is 21.9. The van der Waals surface area contributed by atoms with Crippen molar-refractivity contribution in [2.45, 2.75) is 39.8 Å². The molecule has 3 heterocycles. The molecule has 0 bridgehead atoms. The van der Waals surface area contributed by atoms with E-state index in [0.29, 0.717) is 29.6 Å². The van der Waals surface area contributed by atoms with Gasteiger partial charge in [-0.2, -0.15) is 5.10 Å². The molecule has 0 saturated heterocycles. The Kier molecular flexibility index (Phi) is 5.68. The van der Waals surface area contributed by atoms with Crippen LogP contribution in [0.25, 0.3) is 10.8 Å². The molecule has 0 radical (unpaired) electrons. The normalized spacial score (nSPS) is 14.5. The molecule has 170 valence electrons. The molecule has 32 heavy (non-hydrogen) atoms. The lowest BCUT2D eigenvalue weighted by atomic mass is 10.1. The van der Waals surface area contributed by atoms with Gasteiger partial charge in [0.05, 0.1) is 11.4 Å². The molecule has 1 aromatic carbocycles. The highest BCUT2D eigenvalue weighted by molar-refractivity contribution is 7.92. The smallest absolute Gasteiger partial charge is 0.244 e. The number of nitrogens with one attached hydrogen (secondary N) is 2. The summed E-state index contributed by atoms with van der Waals surface area (Å²) in [5, 5.41) is 9.15. The molecule has 0 saturated carbocycles. The Morgan fingerprint density at radius 1 is 1.19 bits per heavy atom. The number of nitrogens with zero attached hydrogens (tertiary/aromatic N) is 4. The number of hydrogen-bond donors (Lipinski definition) is 3. The highest BCUT2D eigenvalue weighted by Crippen LogP contribution is 2.28. The Labute approximate surface area is 186 Å². The molecule has 0 spiro atoms. The number of anilines is 4. The number of carbonyl (C=O) groups is 1. The first-order valence-electron chi connectivity index (χ1n) is 10.5. The van der Waals surface area contributed by atoms with E-state index in [-0.39, 0.29) is 24.2 Å². The second-order valence-corrected chi connectivity index (χ2v) is 10.1. The summed E-state index contributed by atoms with van der Waals surface area (Å²) in [6.45, 7) is 6.45. The van der Waals surface area contributed by atoms with Gasteiger partial charge in [0.25, 0.3) is 0 Å². The van der Waals surface area contributed by atoms with E-state index in [9.17, 15) is 13.2 Å². The number of nitrogen functional groups attached to an aromatic ring is 1. The Morgan fingerprint density at radius 3 is 2.69 bits per heavy atom. The van der Waals surface area contributed by atoms with Gasteiger partial charge in [0.2, 0.25) is 15.9 Å². The number of pyridine rings is 1. The number of rotatable bonds is 6. The van der Waals surface area contributed by atoms with Gasteiger partial charge in [0.15, 0.2) is 5.82 Å². The van der Waals surface area contributed by atoms with Crippen LogP contribution >= 0.6 is 0 Å². The van der Waals surface area contributed by atoms with E-state index in [2.05, 4.69) is 20.1 Å². The van der Waals surface area contributed by atoms with Crippen LogP contribution < -0.4 is 15.8 Å². The zero-order chi connectivity index (χ0) is 23.0. The summed E-state index contributed by atoms with van der Waals surface area (Å²) in [7, 11) is -3.42. The van der Waals surface area contributed by atoms with Crippen LogP contribution in [0.2, 0.25) is 0 Å². The molecule has 3 aromatic rings. The average Bonchev–Trinajstić information content (AvgIpc) is 3.00. The van der Waals surface area contributed by atoms with Gasteiger partial charge in [-0.15, -0.1) is 0 Å². The van der Waals surface area contributed by atoms with Gasteiger partial charge < -0.3 is 16.0 Å². The van der Waals surface area contributed by atoms with Crippen LogP contribution in [0, 0.1) is 0 Å². The number of hydrogen-bond acceptors (Lipinski definition) is 7. The lowest BCUT2D eigenvalue weighted by Crippen LogP contribution is -2.38. The average molecular weight is 458 g/mol. The number of aromatic nitrogens is 3. The largest absolute Gasteiger partial charge is 0.398 e. The maximum atomic E-state index is 12.5. The maximum absolute atomic E-state index is 12.5. The zero-order valence-corrected chi connectivity index (χ0v) is 19.1. The van der Waals surface area contributed by atoms with Gasteiger partial charge in [0, 0.05) is 48.0 Å². The van der Waals surface area contributed by atoms with E-state index in [0.717, 1.165) is 22.9 Å². The van der Waals surface area contributed by atoms with Gasteiger partial charge in [-0.3, -0.25) is 14.2 Å². The van der Waals surface area contributed by atoms with Gasteiger partial charge in [-0.1, -0.05) is 0 Å². The third kappa shape index (κ3) is 4.47. The van der Waals surface area contributed by atoms with Gasteiger partial charge in [-0.25, -0.2) is 13.4 Å². The lowest BCUT2D eigenvalue weighted by Gasteiger charge is -2.24. The Morgan fingerprint density at radius 2 is 1.97 bits per heavy atom. The number of benzene rings is 1. The summed E-state index contributed by atoms with van der Waals surface area (Å²) >= 11 is 0. The topological polar surface area (TPSA) is 135 Å². The summed E-state index contributed by atoms with van der Waals surface area (Å²) in [4.78, 5) is 18.8. The van der Waals surface area contributed by atoms with Crippen molar-refractivity contribution in [3.05, 3.63) is 36.2 Å². The van der Waals surface area contributed by atoms with Crippen molar-refractivity contribution in [2.24, 2.45) is 0 Å². The number of amides is 1. The predicted octanol–water partition coefficient (Wildman–Crippen LogP) is 2.31. The van der Waals surface area contributed by atoms with Crippen LogP contribution in [0.1, 0.15) is 26.5 Å². The predicted molar refractivity (Wildman–Crippen MR) is 125 cm³/mol. The molecule has 4 rings (SSSR count). The third-order valence-corrected chi connectivity index (χ3v) is 6.79. The first-order valence-corrected chi connectivity index (χ1v) is 12.1. The van der Waals surface area contributed by atoms with Crippen molar-refractivity contribution < 1.29 is 13.2 Å². The van der Waals surface area contributed by atoms with E-state index < -0.39 is 10.0 Å². The molecule has 0 fully saturated rings. The minimum atomic E-state index is -3.42. The SMILES string of the molecule is CCS(=O)(=O)Nc1cc(N)c2cnc(Nc3cc4n(n3)CC(=O)N(C(C)C)CC4)cc2c1. The summed E-state index contributed by atoms with van der Waals surface area (Å²) in [6.07, 6.45) is 2.36. The zero-order valence-electron chi connectivity index (χ0n) is 18.3. The van der Waals surface area contributed by atoms with E-state index in [4.69, 9.17) is 5.73 Å². The van der Waals surface area contributed by atoms with E-state index in [1.807, 2.05) is 24.8 Å². The van der Waals surface area contributed by atoms with Crippen molar-refractivity contribution in [3.8, 4) is 0 Å². The maximum Gasteiger partial charge on any atom is 0.244 e. The highest BCUT2D eigenvalue weighted by Gasteiger charge is 2.23. The van der Waals surface area contributed by atoms with Crippen LogP contribution in [-0.2, 0) is 27.8 Å². The first-order chi connectivity index (χ1) is 15.1. The van der Waals surface area contributed by atoms with Gasteiger partial charge in [-0.05, 0) is 44.4 Å². The van der Waals surface area contributed by atoms with Crippen LogP contribution in [0.3, 0.4) is 0 Å². The lowest BCUT2D eigenvalue weighted by molar-refractivity contribution is -0.133.